The van der Waals surface area contributed by atoms with Crippen LogP contribution in [0.1, 0.15) is 40.5 Å². The molecule has 6 nitrogen and oxygen atoms in total. The monoisotopic (exact) mass is 302 g/mol. The Morgan fingerprint density at radius 3 is 2.19 bits per heavy atom. The minimum Gasteiger partial charge on any atom is -0.444 e. The number of amides is 1. The molecule has 1 rings (SSSR count). The summed E-state index contributed by atoms with van der Waals surface area (Å²) in [5.41, 5.74) is -0.656. The zero-order valence-corrected chi connectivity index (χ0v) is 14.1. The van der Waals surface area contributed by atoms with Gasteiger partial charge in [-0.15, -0.1) is 0 Å². The van der Waals surface area contributed by atoms with Crippen molar-refractivity contribution in [2.75, 3.05) is 27.3 Å². The maximum atomic E-state index is 11.8. The summed E-state index contributed by atoms with van der Waals surface area (Å²) >= 11 is 0. The zero-order valence-electron chi connectivity index (χ0n) is 14.1. The van der Waals surface area contributed by atoms with Crippen molar-refractivity contribution in [1.82, 2.24) is 10.6 Å². The van der Waals surface area contributed by atoms with Gasteiger partial charge in [0.25, 0.3) is 0 Å². The van der Waals surface area contributed by atoms with Crippen LogP contribution < -0.4 is 10.6 Å². The second-order valence-corrected chi connectivity index (χ2v) is 6.83. The molecule has 1 fully saturated rings. The van der Waals surface area contributed by atoms with Crippen molar-refractivity contribution in [3.8, 4) is 0 Å². The van der Waals surface area contributed by atoms with Crippen LogP contribution in [0, 0.1) is 5.92 Å². The van der Waals surface area contributed by atoms with Crippen LogP contribution in [0.4, 0.5) is 4.79 Å². The average molecular weight is 302 g/mol. The minimum absolute atomic E-state index is 0.174. The molecule has 1 saturated carbocycles. The van der Waals surface area contributed by atoms with Gasteiger partial charge >= 0.3 is 6.09 Å². The molecule has 0 aromatic heterocycles. The van der Waals surface area contributed by atoms with E-state index in [2.05, 4.69) is 17.6 Å². The number of carbonyl (C=O) groups is 1. The van der Waals surface area contributed by atoms with Gasteiger partial charge in [0.05, 0.1) is 0 Å². The first kappa shape index (κ1) is 18.2. The van der Waals surface area contributed by atoms with Crippen molar-refractivity contribution >= 4 is 6.09 Å². The summed E-state index contributed by atoms with van der Waals surface area (Å²) in [6.07, 6.45) is 1.67. The number of hydrogen-bond donors (Lipinski definition) is 2. The Morgan fingerprint density at radius 2 is 1.76 bits per heavy atom. The van der Waals surface area contributed by atoms with Gasteiger partial charge in [-0.25, -0.2) is 4.79 Å². The second kappa shape index (κ2) is 7.42. The molecule has 6 heteroatoms. The van der Waals surface area contributed by atoms with Crippen LogP contribution in [0.25, 0.3) is 0 Å². The number of carbonyl (C=O) groups excluding carboxylic acids is 1. The first-order valence-corrected chi connectivity index (χ1v) is 7.47. The molecule has 0 heterocycles. The number of methoxy groups -OCH3 is 2. The fourth-order valence-electron chi connectivity index (χ4n) is 2.22. The van der Waals surface area contributed by atoms with E-state index in [9.17, 15) is 4.79 Å². The number of hydrogen-bond acceptors (Lipinski definition) is 5. The van der Waals surface area contributed by atoms with E-state index < -0.39 is 5.60 Å². The lowest BCUT2D eigenvalue weighted by Crippen LogP contribution is -2.55. The summed E-state index contributed by atoms with van der Waals surface area (Å²) in [6, 6.07) is 0. The SMILES string of the molecule is COC(CNC(C)(CNC(=O)OC(C)(C)C)C1CC1)OC. The Labute approximate surface area is 127 Å². The van der Waals surface area contributed by atoms with E-state index >= 15 is 0 Å². The summed E-state index contributed by atoms with van der Waals surface area (Å²) in [7, 11) is 3.23. The molecule has 1 aliphatic carbocycles. The normalized spacial score (nSPS) is 18.4. The number of nitrogens with one attached hydrogen (secondary N) is 2. The molecule has 1 unspecified atom stereocenters. The number of ether oxygens (including phenoxy) is 3. The fraction of sp³-hybridized carbons (Fsp3) is 0.933. The zero-order chi connectivity index (χ0) is 16.1. The second-order valence-electron chi connectivity index (χ2n) is 6.83. The van der Waals surface area contributed by atoms with Crippen LogP contribution in [-0.2, 0) is 14.2 Å². The lowest BCUT2D eigenvalue weighted by Gasteiger charge is -2.33. The summed E-state index contributed by atoms with van der Waals surface area (Å²) in [4.78, 5) is 11.8. The summed E-state index contributed by atoms with van der Waals surface area (Å²) in [6.45, 7) is 8.78. The van der Waals surface area contributed by atoms with Gasteiger partial charge in [0.1, 0.15) is 5.60 Å². The van der Waals surface area contributed by atoms with Crippen molar-refractivity contribution in [1.29, 1.82) is 0 Å². The highest BCUT2D eigenvalue weighted by Gasteiger charge is 2.41. The van der Waals surface area contributed by atoms with Gasteiger partial charge in [0.2, 0.25) is 0 Å². The smallest absolute Gasteiger partial charge is 0.407 e. The Kier molecular flexibility index (Phi) is 6.43. The third-order valence-electron chi connectivity index (χ3n) is 3.68. The van der Waals surface area contributed by atoms with Crippen LogP contribution in [0.2, 0.25) is 0 Å². The molecular weight excluding hydrogens is 272 g/mol. The van der Waals surface area contributed by atoms with Gasteiger partial charge in [-0.2, -0.15) is 0 Å². The largest absolute Gasteiger partial charge is 0.444 e. The number of rotatable bonds is 8. The Balaban J connectivity index is 2.47. The van der Waals surface area contributed by atoms with Crippen LogP contribution in [0.3, 0.4) is 0 Å². The summed E-state index contributed by atoms with van der Waals surface area (Å²) in [5.74, 6) is 0.557. The highest BCUT2D eigenvalue weighted by atomic mass is 16.7. The van der Waals surface area contributed by atoms with Crippen molar-refractivity contribution in [3.05, 3.63) is 0 Å². The summed E-state index contributed by atoms with van der Waals surface area (Å²) < 4.78 is 15.7. The molecule has 2 N–H and O–H groups in total. The van der Waals surface area contributed by atoms with Crippen molar-refractivity contribution in [3.63, 3.8) is 0 Å². The molecule has 0 aromatic carbocycles. The number of alkyl carbamates (subject to hydrolysis) is 1. The predicted octanol–water partition coefficient (Wildman–Crippen LogP) is 1.89. The van der Waals surface area contributed by atoms with E-state index in [0.29, 0.717) is 19.0 Å². The third kappa shape index (κ3) is 6.63. The molecular formula is C15H30N2O4. The lowest BCUT2D eigenvalue weighted by atomic mass is 9.95. The first-order valence-electron chi connectivity index (χ1n) is 7.47. The summed E-state index contributed by atoms with van der Waals surface area (Å²) in [5, 5.41) is 6.31. The average Bonchev–Trinajstić information content (AvgIpc) is 3.20. The third-order valence-corrected chi connectivity index (χ3v) is 3.68. The van der Waals surface area contributed by atoms with E-state index in [1.54, 1.807) is 14.2 Å². The molecule has 1 atom stereocenters. The Morgan fingerprint density at radius 1 is 1.19 bits per heavy atom. The van der Waals surface area contributed by atoms with Crippen LogP contribution in [0.5, 0.6) is 0 Å². The quantitative estimate of drug-likeness (QED) is 0.670. The van der Waals surface area contributed by atoms with Gasteiger partial charge < -0.3 is 24.8 Å². The van der Waals surface area contributed by atoms with Crippen LogP contribution >= 0.6 is 0 Å². The van der Waals surface area contributed by atoms with E-state index in [-0.39, 0.29) is 17.9 Å². The van der Waals surface area contributed by atoms with Crippen LogP contribution in [-0.4, -0.2) is 50.8 Å². The van der Waals surface area contributed by atoms with E-state index in [4.69, 9.17) is 14.2 Å². The minimum atomic E-state index is -0.481. The molecule has 0 radical (unpaired) electrons. The van der Waals surface area contributed by atoms with Gasteiger partial charge in [-0.3, -0.25) is 0 Å². The van der Waals surface area contributed by atoms with Gasteiger partial charge in [0.15, 0.2) is 6.29 Å². The molecule has 124 valence electrons. The van der Waals surface area contributed by atoms with Crippen molar-refractivity contribution < 1.29 is 19.0 Å². The highest BCUT2D eigenvalue weighted by molar-refractivity contribution is 5.67. The fourth-order valence-corrected chi connectivity index (χ4v) is 2.22. The molecule has 0 aliphatic heterocycles. The van der Waals surface area contributed by atoms with Gasteiger partial charge in [-0.1, -0.05) is 0 Å². The van der Waals surface area contributed by atoms with E-state index in [1.807, 2.05) is 20.8 Å². The highest BCUT2D eigenvalue weighted by Crippen LogP contribution is 2.39. The standard InChI is InChI=1S/C15H30N2O4/c1-14(2,3)21-13(18)16-10-15(4,11-7-8-11)17-9-12(19-5)20-6/h11-12,17H,7-10H2,1-6H3,(H,16,18). The molecule has 1 aliphatic rings. The van der Waals surface area contributed by atoms with Gasteiger partial charge in [-0.05, 0) is 46.5 Å². The Bertz CT molecular complexity index is 335. The van der Waals surface area contributed by atoms with E-state index in [0.717, 1.165) is 0 Å². The molecule has 0 saturated heterocycles. The van der Waals surface area contributed by atoms with Crippen LogP contribution in [0.15, 0.2) is 0 Å². The molecule has 0 aromatic rings. The maximum absolute atomic E-state index is 11.8. The molecule has 1 amide bonds. The molecule has 21 heavy (non-hydrogen) atoms. The molecule has 0 bridgehead atoms. The predicted molar refractivity (Wildman–Crippen MR) is 81.2 cm³/mol. The maximum Gasteiger partial charge on any atom is 0.407 e. The lowest BCUT2D eigenvalue weighted by molar-refractivity contribution is -0.102. The topological polar surface area (TPSA) is 68.8 Å². The Hall–Kier alpha value is -0.850. The van der Waals surface area contributed by atoms with Crippen molar-refractivity contribution in [2.45, 2.75) is 58.0 Å². The van der Waals surface area contributed by atoms with Gasteiger partial charge in [0, 0.05) is 32.8 Å². The van der Waals surface area contributed by atoms with E-state index in [1.165, 1.54) is 12.8 Å². The molecule has 0 spiro atoms. The van der Waals surface area contributed by atoms with Crippen molar-refractivity contribution in [2.24, 2.45) is 5.92 Å². The first-order chi connectivity index (χ1) is 9.70.